The third kappa shape index (κ3) is 1.47. The molecule has 0 bridgehead atoms. The summed E-state index contributed by atoms with van der Waals surface area (Å²) in [6.45, 7) is 0.244. The van der Waals surface area contributed by atoms with Crippen molar-refractivity contribution in [2.75, 3.05) is 6.61 Å². The SMILES string of the molecule is O=C(O)C1COc2cnccc2C1. The Hall–Kier alpha value is -1.58. The van der Waals surface area contributed by atoms with Crippen LogP contribution in [0.5, 0.6) is 5.75 Å². The van der Waals surface area contributed by atoms with Crippen molar-refractivity contribution in [3.8, 4) is 5.75 Å². The maximum atomic E-state index is 10.7. The van der Waals surface area contributed by atoms with Crippen molar-refractivity contribution in [1.82, 2.24) is 4.98 Å². The molecule has 4 heteroatoms. The van der Waals surface area contributed by atoms with Gasteiger partial charge in [0, 0.05) is 6.20 Å². The second-order valence-electron chi connectivity index (χ2n) is 3.03. The average molecular weight is 179 g/mol. The van der Waals surface area contributed by atoms with Crippen LogP contribution >= 0.6 is 0 Å². The van der Waals surface area contributed by atoms with E-state index in [0.717, 1.165) is 5.56 Å². The zero-order valence-electron chi connectivity index (χ0n) is 6.93. The van der Waals surface area contributed by atoms with Crippen molar-refractivity contribution in [2.24, 2.45) is 5.92 Å². The van der Waals surface area contributed by atoms with Gasteiger partial charge in [0.25, 0.3) is 0 Å². The van der Waals surface area contributed by atoms with Gasteiger partial charge < -0.3 is 9.84 Å². The number of rotatable bonds is 1. The van der Waals surface area contributed by atoms with Crippen molar-refractivity contribution in [3.63, 3.8) is 0 Å². The number of hydrogen-bond donors (Lipinski definition) is 1. The highest BCUT2D eigenvalue weighted by molar-refractivity contribution is 5.71. The topological polar surface area (TPSA) is 59.4 Å². The molecule has 0 aliphatic carbocycles. The van der Waals surface area contributed by atoms with Crippen molar-refractivity contribution >= 4 is 5.97 Å². The second-order valence-corrected chi connectivity index (χ2v) is 3.03. The monoisotopic (exact) mass is 179 g/mol. The number of ether oxygens (including phenoxy) is 1. The molecule has 0 amide bonds. The molecule has 0 radical (unpaired) electrons. The van der Waals surface area contributed by atoms with Crippen LogP contribution in [0.2, 0.25) is 0 Å². The van der Waals surface area contributed by atoms with Crippen LogP contribution in [0.25, 0.3) is 0 Å². The van der Waals surface area contributed by atoms with E-state index in [4.69, 9.17) is 9.84 Å². The van der Waals surface area contributed by atoms with E-state index < -0.39 is 11.9 Å². The van der Waals surface area contributed by atoms with Crippen molar-refractivity contribution < 1.29 is 14.6 Å². The molecule has 13 heavy (non-hydrogen) atoms. The first kappa shape index (κ1) is 8.04. The van der Waals surface area contributed by atoms with E-state index in [1.54, 1.807) is 18.5 Å². The number of nitrogens with zero attached hydrogens (tertiary/aromatic N) is 1. The molecule has 1 unspecified atom stereocenters. The summed E-state index contributed by atoms with van der Waals surface area (Å²) in [7, 11) is 0. The molecule has 0 saturated heterocycles. The van der Waals surface area contributed by atoms with E-state index in [0.29, 0.717) is 12.2 Å². The highest BCUT2D eigenvalue weighted by Gasteiger charge is 2.25. The summed E-state index contributed by atoms with van der Waals surface area (Å²) < 4.78 is 5.25. The van der Waals surface area contributed by atoms with Crippen LogP contribution < -0.4 is 4.74 Å². The summed E-state index contributed by atoms with van der Waals surface area (Å²) in [6.07, 6.45) is 3.80. The minimum atomic E-state index is -0.803. The highest BCUT2D eigenvalue weighted by atomic mass is 16.5. The van der Waals surface area contributed by atoms with Crippen LogP contribution in [0.1, 0.15) is 5.56 Å². The van der Waals surface area contributed by atoms with Gasteiger partial charge in [-0.15, -0.1) is 0 Å². The molecular formula is C9H9NO3. The Kier molecular flexibility index (Phi) is 1.88. The number of fused-ring (bicyclic) bond motifs is 1. The molecule has 0 fully saturated rings. The Balaban J connectivity index is 2.24. The Morgan fingerprint density at radius 3 is 3.31 bits per heavy atom. The molecule has 2 heterocycles. The molecule has 1 N–H and O–H groups in total. The summed E-state index contributed by atoms with van der Waals surface area (Å²) in [5.41, 5.74) is 0.925. The van der Waals surface area contributed by atoms with E-state index in [9.17, 15) is 4.79 Å². The minimum Gasteiger partial charge on any atom is -0.491 e. The Morgan fingerprint density at radius 2 is 2.54 bits per heavy atom. The van der Waals surface area contributed by atoms with Gasteiger partial charge in [-0.3, -0.25) is 9.78 Å². The lowest BCUT2D eigenvalue weighted by Crippen LogP contribution is -2.27. The molecule has 1 atom stereocenters. The number of hydrogen-bond acceptors (Lipinski definition) is 3. The first-order chi connectivity index (χ1) is 6.27. The lowest BCUT2D eigenvalue weighted by molar-refractivity contribution is -0.143. The van der Waals surface area contributed by atoms with Crippen molar-refractivity contribution in [2.45, 2.75) is 6.42 Å². The fourth-order valence-electron chi connectivity index (χ4n) is 1.38. The molecule has 2 rings (SSSR count). The highest BCUT2D eigenvalue weighted by Crippen LogP contribution is 2.25. The fourth-order valence-corrected chi connectivity index (χ4v) is 1.38. The molecule has 68 valence electrons. The van der Waals surface area contributed by atoms with E-state index in [1.165, 1.54) is 0 Å². The van der Waals surface area contributed by atoms with Gasteiger partial charge in [-0.2, -0.15) is 0 Å². The summed E-state index contributed by atoms with van der Waals surface area (Å²) in [5.74, 6) is -0.516. The average Bonchev–Trinajstić information content (AvgIpc) is 2.17. The van der Waals surface area contributed by atoms with Gasteiger partial charge in [-0.1, -0.05) is 0 Å². The van der Waals surface area contributed by atoms with Crippen LogP contribution in [-0.2, 0) is 11.2 Å². The normalized spacial score (nSPS) is 20.2. The van der Waals surface area contributed by atoms with Crippen LogP contribution in [0.4, 0.5) is 0 Å². The molecule has 0 spiro atoms. The number of pyridine rings is 1. The van der Waals surface area contributed by atoms with Gasteiger partial charge >= 0.3 is 5.97 Å². The molecule has 1 aliphatic heterocycles. The van der Waals surface area contributed by atoms with Gasteiger partial charge in [-0.05, 0) is 18.1 Å². The molecule has 0 saturated carbocycles. The summed E-state index contributed by atoms with van der Waals surface area (Å²) in [6, 6.07) is 1.80. The lowest BCUT2D eigenvalue weighted by atomic mass is 9.98. The molecular weight excluding hydrogens is 170 g/mol. The molecule has 1 aliphatic rings. The quantitative estimate of drug-likeness (QED) is 0.690. The van der Waals surface area contributed by atoms with Crippen LogP contribution in [0.3, 0.4) is 0 Å². The number of aliphatic carboxylic acids is 1. The fraction of sp³-hybridized carbons (Fsp3) is 0.333. The minimum absolute atomic E-state index is 0.244. The molecule has 0 aromatic carbocycles. The smallest absolute Gasteiger partial charge is 0.310 e. The van der Waals surface area contributed by atoms with Gasteiger partial charge in [-0.25, -0.2) is 0 Å². The predicted octanol–water partition coefficient (Wildman–Crippen LogP) is 0.717. The van der Waals surface area contributed by atoms with Gasteiger partial charge in [0.1, 0.15) is 12.4 Å². The predicted molar refractivity (Wildman–Crippen MR) is 44.6 cm³/mol. The third-order valence-electron chi connectivity index (χ3n) is 2.13. The van der Waals surface area contributed by atoms with Crippen LogP contribution in [0.15, 0.2) is 18.5 Å². The van der Waals surface area contributed by atoms with Crippen LogP contribution in [0, 0.1) is 5.92 Å². The summed E-state index contributed by atoms with van der Waals surface area (Å²) in [5, 5.41) is 8.77. The molecule has 1 aromatic heterocycles. The Morgan fingerprint density at radius 1 is 1.69 bits per heavy atom. The number of carboxylic acid groups (broad SMARTS) is 1. The second kappa shape index (κ2) is 3.05. The van der Waals surface area contributed by atoms with E-state index in [1.807, 2.05) is 0 Å². The van der Waals surface area contributed by atoms with Crippen molar-refractivity contribution in [3.05, 3.63) is 24.0 Å². The largest absolute Gasteiger partial charge is 0.491 e. The van der Waals surface area contributed by atoms with Gasteiger partial charge in [0.05, 0.1) is 12.1 Å². The summed E-state index contributed by atoms with van der Waals surface area (Å²) >= 11 is 0. The summed E-state index contributed by atoms with van der Waals surface area (Å²) in [4.78, 5) is 14.6. The van der Waals surface area contributed by atoms with Crippen LogP contribution in [-0.4, -0.2) is 22.7 Å². The number of carboxylic acids is 1. The lowest BCUT2D eigenvalue weighted by Gasteiger charge is -2.21. The number of aromatic nitrogens is 1. The maximum Gasteiger partial charge on any atom is 0.310 e. The van der Waals surface area contributed by atoms with Crippen molar-refractivity contribution in [1.29, 1.82) is 0 Å². The molecule has 1 aromatic rings. The van der Waals surface area contributed by atoms with E-state index in [2.05, 4.69) is 4.98 Å². The molecule has 4 nitrogen and oxygen atoms in total. The first-order valence-electron chi connectivity index (χ1n) is 4.06. The van der Waals surface area contributed by atoms with E-state index in [-0.39, 0.29) is 6.61 Å². The zero-order valence-corrected chi connectivity index (χ0v) is 6.93. The van der Waals surface area contributed by atoms with E-state index >= 15 is 0 Å². The van der Waals surface area contributed by atoms with Gasteiger partial charge in [0.15, 0.2) is 0 Å². The maximum absolute atomic E-state index is 10.7. The Bertz CT molecular complexity index is 337. The third-order valence-corrected chi connectivity index (χ3v) is 2.13. The Labute approximate surface area is 75.2 Å². The number of carbonyl (C=O) groups is 1. The standard InChI is InChI=1S/C9H9NO3/c11-9(12)7-3-6-1-2-10-4-8(6)13-5-7/h1-2,4,7H,3,5H2,(H,11,12). The van der Waals surface area contributed by atoms with Gasteiger partial charge in [0.2, 0.25) is 0 Å². The zero-order chi connectivity index (χ0) is 9.26. The first-order valence-corrected chi connectivity index (χ1v) is 4.06.